The van der Waals surface area contributed by atoms with E-state index in [0.29, 0.717) is 11.1 Å². The van der Waals surface area contributed by atoms with E-state index in [2.05, 4.69) is 18.5 Å². The Kier molecular flexibility index (Phi) is 8.04. The molecule has 1 aromatic heterocycles. The van der Waals surface area contributed by atoms with Crippen molar-refractivity contribution >= 4 is 11.6 Å². The summed E-state index contributed by atoms with van der Waals surface area (Å²) in [5.41, 5.74) is 0.973. The quantitative estimate of drug-likeness (QED) is 0.462. The van der Waals surface area contributed by atoms with E-state index < -0.39 is 5.67 Å². The summed E-state index contributed by atoms with van der Waals surface area (Å²) >= 11 is 0. The molecule has 3 nitrogen and oxygen atoms in total. The van der Waals surface area contributed by atoms with Crippen LogP contribution in [-0.2, 0) is 0 Å². The molecule has 140 valence electrons. The molecule has 0 aliphatic carbocycles. The highest BCUT2D eigenvalue weighted by molar-refractivity contribution is 5.94. The number of amides is 1. The molecule has 0 aromatic carbocycles. The van der Waals surface area contributed by atoms with Crippen molar-refractivity contribution in [3.63, 3.8) is 0 Å². The van der Waals surface area contributed by atoms with Gasteiger partial charge in [-0.15, -0.1) is 0 Å². The highest BCUT2D eigenvalue weighted by atomic mass is 19.1. The fourth-order valence-electron chi connectivity index (χ4n) is 2.31. The van der Waals surface area contributed by atoms with Crippen LogP contribution in [0.4, 0.5) is 4.39 Å². The van der Waals surface area contributed by atoms with Gasteiger partial charge in [-0.2, -0.15) is 0 Å². The van der Waals surface area contributed by atoms with Gasteiger partial charge in [0.1, 0.15) is 0 Å². The Morgan fingerprint density at radius 2 is 2.04 bits per heavy atom. The van der Waals surface area contributed by atoms with Crippen LogP contribution < -0.4 is 5.32 Å². The van der Waals surface area contributed by atoms with Crippen LogP contribution in [-0.4, -0.2) is 22.7 Å². The van der Waals surface area contributed by atoms with Crippen molar-refractivity contribution in [1.82, 2.24) is 9.88 Å². The summed E-state index contributed by atoms with van der Waals surface area (Å²) in [6.45, 7) is 14.8. The van der Waals surface area contributed by atoms with Crippen molar-refractivity contribution in [2.75, 3.05) is 6.54 Å². The molecule has 1 unspecified atom stereocenters. The SMILES string of the molecule is C=C(C=C(C=CC)n1ccc(C(=O)NCC(F)(C=CC)C(=C)C)c1)CC. The van der Waals surface area contributed by atoms with Crippen LogP contribution in [0.3, 0.4) is 0 Å². The minimum Gasteiger partial charge on any atom is -0.348 e. The molecule has 1 N–H and O–H groups in total. The van der Waals surface area contributed by atoms with Gasteiger partial charge in [0.2, 0.25) is 0 Å². The highest BCUT2D eigenvalue weighted by Crippen LogP contribution is 2.22. The second-order valence-corrected chi connectivity index (χ2v) is 6.21. The average molecular weight is 356 g/mol. The molecule has 0 saturated carbocycles. The second kappa shape index (κ2) is 9.76. The van der Waals surface area contributed by atoms with Crippen LogP contribution in [0, 0.1) is 0 Å². The summed E-state index contributed by atoms with van der Waals surface area (Å²) in [6, 6.07) is 1.71. The molecule has 1 rings (SSSR count). The molecule has 0 bridgehead atoms. The van der Waals surface area contributed by atoms with Gasteiger partial charge in [-0.3, -0.25) is 4.79 Å². The van der Waals surface area contributed by atoms with Crippen molar-refractivity contribution in [1.29, 1.82) is 0 Å². The van der Waals surface area contributed by atoms with E-state index in [1.807, 2.05) is 36.6 Å². The predicted molar refractivity (Wildman–Crippen MR) is 109 cm³/mol. The van der Waals surface area contributed by atoms with Crippen LogP contribution in [0.2, 0.25) is 0 Å². The van der Waals surface area contributed by atoms with E-state index in [0.717, 1.165) is 17.7 Å². The monoisotopic (exact) mass is 356 g/mol. The number of halogens is 1. The second-order valence-electron chi connectivity index (χ2n) is 6.21. The Labute approximate surface area is 156 Å². The molecule has 0 aliphatic heterocycles. The third-order valence-electron chi connectivity index (χ3n) is 4.04. The minimum absolute atomic E-state index is 0.152. The molecular weight excluding hydrogens is 327 g/mol. The first-order chi connectivity index (χ1) is 12.3. The lowest BCUT2D eigenvalue weighted by Gasteiger charge is -2.22. The van der Waals surface area contributed by atoms with Crippen molar-refractivity contribution in [2.24, 2.45) is 0 Å². The Bertz CT molecular complexity index is 752. The largest absolute Gasteiger partial charge is 0.348 e. The van der Waals surface area contributed by atoms with Crippen molar-refractivity contribution in [3.8, 4) is 0 Å². The summed E-state index contributed by atoms with van der Waals surface area (Å²) < 4.78 is 16.6. The third-order valence-corrected chi connectivity index (χ3v) is 4.04. The number of hydrogen-bond acceptors (Lipinski definition) is 1. The average Bonchev–Trinajstić information content (AvgIpc) is 3.09. The number of nitrogens with zero attached hydrogens (tertiary/aromatic N) is 1. The summed E-state index contributed by atoms with van der Waals surface area (Å²) in [7, 11) is 0. The van der Waals surface area contributed by atoms with Gasteiger partial charge in [0.05, 0.1) is 12.1 Å². The molecular formula is C22H29FN2O. The van der Waals surface area contributed by atoms with Gasteiger partial charge < -0.3 is 9.88 Å². The molecule has 0 saturated heterocycles. The molecule has 0 aliphatic rings. The smallest absolute Gasteiger partial charge is 0.252 e. The Morgan fingerprint density at radius 3 is 2.58 bits per heavy atom. The first-order valence-electron chi connectivity index (χ1n) is 8.74. The number of aromatic nitrogens is 1. The fourth-order valence-corrected chi connectivity index (χ4v) is 2.31. The normalized spacial score (nSPS) is 14.6. The molecule has 0 radical (unpaired) electrons. The first kappa shape index (κ1) is 21.4. The van der Waals surface area contributed by atoms with Crippen molar-refractivity contribution in [3.05, 3.63) is 78.7 Å². The minimum atomic E-state index is -1.75. The maximum atomic E-state index is 14.8. The zero-order valence-corrected chi connectivity index (χ0v) is 16.2. The first-order valence-corrected chi connectivity index (χ1v) is 8.74. The molecule has 0 fully saturated rings. The zero-order valence-electron chi connectivity index (χ0n) is 16.2. The number of alkyl halides is 1. The summed E-state index contributed by atoms with van der Waals surface area (Å²) in [6.07, 6.45) is 13.2. The number of rotatable bonds is 9. The van der Waals surface area contributed by atoms with Crippen LogP contribution in [0.15, 0.2) is 73.1 Å². The van der Waals surface area contributed by atoms with E-state index in [1.54, 1.807) is 38.4 Å². The van der Waals surface area contributed by atoms with E-state index in [1.165, 1.54) is 6.08 Å². The van der Waals surface area contributed by atoms with Gasteiger partial charge in [-0.1, -0.05) is 37.8 Å². The number of hydrogen-bond donors (Lipinski definition) is 1. The number of carbonyl (C=O) groups is 1. The molecule has 1 amide bonds. The van der Waals surface area contributed by atoms with Crippen LogP contribution in [0.5, 0.6) is 0 Å². The lowest BCUT2D eigenvalue weighted by atomic mass is 9.97. The Morgan fingerprint density at radius 1 is 1.35 bits per heavy atom. The van der Waals surface area contributed by atoms with Gasteiger partial charge in [0.15, 0.2) is 5.67 Å². The predicted octanol–water partition coefficient (Wildman–Crippen LogP) is 5.46. The number of nitrogens with one attached hydrogen (secondary N) is 1. The van der Waals surface area contributed by atoms with Gasteiger partial charge in [0.25, 0.3) is 5.91 Å². The van der Waals surface area contributed by atoms with Gasteiger partial charge in [-0.25, -0.2) is 4.39 Å². The van der Waals surface area contributed by atoms with Crippen LogP contribution in [0.25, 0.3) is 5.70 Å². The molecule has 1 heterocycles. The lowest BCUT2D eigenvalue weighted by molar-refractivity contribution is 0.0935. The topological polar surface area (TPSA) is 34.0 Å². The number of allylic oxidation sites excluding steroid dienone is 6. The maximum absolute atomic E-state index is 14.8. The number of carbonyl (C=O) groups excluding carboxylic acids is 1. The summed E-state index contributed by atoms with van der Waals surface area (Å²) in [4.78, 5) is 12.4. The van der Waals surface area contributed by atoms with Crippen LogP contribution in [0.1, 0.15) is 44.5 Å². The molecule has 0 spiro atoms. The van der Waals surface area contributed by atoms with E-state index in [-0.39, 0.29) is 12.5 Å². The van der Waals surface area contributed by atoms with Gasteiger partial charge in [-0.05, 0) is 57.1 Å². The van der Waals surface area contributed by atoms with Crippen molar-refractivity contribution in [2.45, 2.75) is 39.8 Å². The maximum Gasteiger partial charge on any atom is 0.252 e. The van der Waals surface area contributed by atoms with Crippen molar-refractivity contribution < 1.29 is 9.18 Å². The Balaban J connectivity index is 2.95. The molecule has 1 aromatic rings. The fraction of sp³-hybridized carbons (Fsp3) is 0.318. The zero-order chi connectivity index (χ0) is 19.7. The molecule has 1 atom stereocenters. The molecule has 26 heavy (non-hydrogen) atoms. The van der Waals surface area contributed by atoms with E-state index in [4.69, 9.17) is 0 Å². The van der Waals surface area contributed by atoms with E-state index in [9.17, 15) is 9.18 Å². The Hall–Kier alpha value is -2.62. The van der Waals surface area contributed by atoms with Gasteiger partial charge in [0, 0.05) is 18.1 Å². The lowest BCUT2D eigenvalue weighted by Crippen LogP contribution is -2.38. The van der Waals surface area contributed by atoms with Gasteiger partial charge >= 0.3 is 0 Å². The summed E-state index contributed by atoms with van der Waals surface area (Å²) in [5, 5.41) is 2.65. The summed E-state index contributed by atoms with van der Waals surface area (Å²) in [5.74, 6) is -0.328. The van der Waals surface area contributed by atoms with E-state index >= 15 is 0 Å². The van der Waals surface area contributed by atoms with Crippen LogP contribution >= 0.6 is 0 Å². The molecule has 4 heteroatoms. The third kappa shape index (κ3) is 5.73. The highest BCUT2D eigenvalue weighted by Gasteiger charge is 2.28. The standard InChI is InChI=1S/C22H29FN2O/c1-7-10-20(14-18(6)9-3)25-13-11-19(15-25)21(26)24-16-22(23,12-8-2)17(4)5/h7-8,10-15H,4,6,9,16H2,1-3,5H3,(H,24,26).